The third-order valence-electron chi connectivity index (χ3n) is 5.49. The Morgan fingerprint density at radius 1 is 0.516 bits per heavy atom. The maximum absolute atomic E-state index is 6.34. The highest BCUT2D eigenvalue weighted by atomic mass is 35.5. The minimum absolute atomic E-state index is 0.190. The SMILES string of the molecule is CCCCCCCOC(CCCC(C)Cl)OC(CCCC(C)Cl)OCCCCCCC. The predicted molar refractivity (Wildman–Crippen MR) is 136 cm³/mol. The zero-order valence-corrected chi connectivity index (χ0v) is 22.5. The fourth-order valence-corrected chi connectivity index (χ4v) is 3.83. The van der Waals surface area contributed by atoms with E-state index in [-0.39, 0.29) is 23.3 Å². The van der Waals surface area contributed by atoms with Crippen LogP contribution in [0.4, 0.5) is 0 Å². The molecule has 0 saturated carbocycles. The Kier molecular flexibility index (Phi) is 24.0. The van der Waals surface area contributed by atoms with Crippen molar-refractivity contribution in [1.82, 2.24) is 0 Å². The van der Waals surface area contributed by atoms with Crippen LogP contribution in [0.25, 0.3) is 0 Å². The first-order chi connectivity index (χ1) is 15.0. The van der Waals surface area contributed by atoms with Gasteiger partial charge in [0.25, 0.3) is 0 Å². The largest absolute Gasteiger partial charge is 0.353 e. The predicted octanol–water partition coefficient (Wildman–Crippen LogP) is 9.22. The minimum atomic E-state index is -0.208. The molecule has 4 atom stereocenters. The monoisotopic (exact) mass is 482 g/mol. The van der Waals surface area contributed by atoms with Crippen molar-refractivity contribution < 1.29 is 14.2 Å². The van der Waals surface area contributed by atoms with Gasteiger partial charge in [0.2, 0.25) is 0 Å². The number of alkyl halides is 2. The van der Waals surface area contributed by atoms with E-state index in [1.807, 2.05) is 13.8 Å². The second-order valence-corrected chi connectivity index (χ2v) is 10.5. The lowest BCUT2D eigenvalue weighted by atomic mass is 10.1. The van der Waals surface area contributed by atoms with Gasteiger partial charge in [-0.1, -0.05) is 65.2 Å². The van der Waals surface area contributed by atoms with Crippen LogP contribution in [0.5, 0.6) is 0 Å². The molecule has 0 rings (SSSR count). The van der Waals surface area contributed by atoms with Gasteiger partial charge < -0.3 is 14.2 Å². The van der Waals surface area contributed by atoms with Gasteiger partial charge in [0.1, 0.15) is 0 Å². The van der Waals surface area contributed by atoms with Crippen LogP contribution < -0.4 is 0 Å². The third kappa shape index (κ3) is 23.4. The Morgan fingerprint density at radius 2 is 0.903 bits per heavy atom. The molecule has 0 spiro atoms. The quantitative estimate of drug-likeness (QED) is 0.0778. The number of hydrogen-bond acceptors (Lipinski definition) is 3. The summed E-state index contributed by atoms with van der Waals surface area (Å²) in [5, 5.41) is 0.380. The van der Waals surface area contributed by atoms with Crippen molar-refractivity contribution in [2.45, 2.75) is 154 Å². The molecule has 0 heterocycles. The van der Waals surface area contributed by atoms with E-state index >= 15 is 0 Å². The number of unbranched alkanes of at least 4 members (excludes halogenated alkanes) is 8. The molecule has 0 fully saturated rings. The van der Waals surface area contributed by atoms with Gasteiger partial charge in [0.15, 0.2) is 12.6 Å². The summed E-state index contributed by atoms with van der Waals surface area (Å²) in [5.74, 6) is 0. The molecule has 0 aromatic heterocycles. The van der Waals surface area contributed by atoms with E-state index in [0.29, 0.717) is 0 Å². The molecule has 0 saturated heterocycles. The normalized spacial score (nSPS) is 15.7. The number of rotatable bonds is 24. The molecule has 0 radical (unpaired) electrons. The van der Waals surface area contributed by atoms with Crippen LogP contribution in [0.2, 0.25) is 0 Å². The summed E-state index contributed by atoms with van der Waals surface area (Å²) in [6.45, 7) is 10.1. The van der Waals surface area contributed by atoms with Crippen LogP contribution in [0.3, 0.4) is 0 Å². The van der Waals surface area contributed by atoms with Gasteiger partial charge in [0, 0.05) is 24.0 Å². The maximum atomic E-state index is 6.34. The lowest BCUT2D eigenvalue weighted by Crippen LogP contribution is -2.28. The van der Waals surface area contributed by atoms with Crippen LogP contribution in [-0.4, -0.2) is 36.5 Å². The average Bonchev–Trinajstić information content (AvgIpc) is 2.72. The van der Waals surface area contributed by atoms with Gasteiger partial charge in [-0.05, 0) is 65.2 Å². The lowest BCUT2D eigenvalue weighted by molar-refractivity contribution is -0.250. The molecule has 0 N–H and O–H groups in total. The first-order valence-electron chi connectivity index (χ1n) is 13.2. The molecule has 188 valence electrons. The first kappa shape index (κ1) is 31.5. The molecule has 4 unspecified atom stereocenters. The molecule has 5 heteroatoms. The van der Waals surface area contributed by atoms with Crippen LogP contribution in [0.15, 0.2) is 0 Å². The standard InChI is InChI=1S/C26H52Cl2O3/c1-5-7-9-11-13-21-29-25(19-15-17-23(3)27)31-26(20-16-18-24(4)28)30-22-14-12-10-8-6-2/h23-26H,5-22H2,1-4H3. The second-order valence-electron chi connectivity index (χ2n) is 8.99. The molecule has 3 nitrogen and oxygen atoms in total. The molecule has 0 amide bonds. The lowest BCUT2D eigenvalue weighted by Gasteiger charge is -2.26. The average molecular weight is 484 g/mol. The molecule has 0 aromatic rings. The van der Waals surface area contributed by atoms with E-state index in [2.05, 4.69) is 13.8 Å². The second kappa shape index (κ2) is 23.6. The Bertz CT molecular complexity index is 322. The molecular formula is C26H52Cl2O3. The molecule has 31 heavy (non-hydrogen) atoms. The summed E-state index contributed by atoms with van der Waals surface area (Å²) in [6, 6.07) is 0. The van der Waals surface area contributed by atoms with E-state index in [0.717, 1.165) is 64.6 Å². The van der Waals surface area contributed by atoms with E-state index < -0.39 is 0 Å². The molecular weight excluding hydrogens is 431 g/mol. The molecule has 0 bridgehead atoms. The van der Waals surface area contributed by atoms with Crippen molar-refractivity contribution in [1.29, 1.82) is 0 Å². The number of ether oxygens (including phenoxy) is 3. The fraction of sp³-hybridized carbons (Fsp3) is 1.00. The highest BCUT2D eigenvalue weighted by Crippen LogP contribution is 2.19. The van der Waals surface area contributed by atoms with E-state index in [9.17, 15) is 0 Å². The fourth-order valence-electron chi connectivity index (χ4n) is 3.52. The van der Waals surface area contributed by atoms with Crippen molar-refractivity contribution in [2.75, 3.05) is 13.2 Å². The Balaban J connectivity index is 4.54. The Labute approximate surface area is 204 Å². The third-order valence-corrected chi connectivity index (χ3v) is 5.93. The van der Waals surface area contributed by atoms with Gasteiger partial charge in [-0.15, -0.1) is 23.2 Å². The van der Waals surface area contributed by atoms with Crippen molar-refractivity contribution >= 4 is 23.2 Å². The van der Waals surface area contributed by atoms with Gasteiger partial charge in [0.05, 0.1) is 0 Å². The molecule has 0 aliphatic carbocycles. The van der Waals surface area contributed by atoms with Crippen LogP contribution in [0.1, 0.15) is 130 Å². The van der Waals surface area contributed by atoms with E-state index in [4.69, 9.17) is 37.4 Å². The Morgan fingerprint density at radius 3 is 1.26 bits per heavy atom. The van der Waals surface area contributed by atoms with Crippen molar-refractivity contribution in [3.8, 4) is 0 Å². The summed E-state index contributed by atoms with van der Waals surface area (Å²) in [7, 11) is 0. The van der Waals surface area contributed by atoms with Gasteiger partial charge >= 0.3 is 0 Å². The first-order valence-corrected chi connectivity index (χ1v) is 14.0. The van der Waals surface area contributed by atoms with Crippen LogP contribution >= 0.6 is 23.2 Å². The van der Waals surface area contributed by atoms with Crippen molar-refractivity contribution in [3.05, 3.63) is 0 Å². The molecule has 0 aliphatic rings. The highest BCUT2D eigenvalue weighted by Gasteiger charge is 2.18. The van der Waals surface area contributed by atoms with Crippen LogP contribution in [0, 0.1) is 0 Å². The summed E-state index contributed by atoms with van der Waals surface area (Å²) in [6.07, 6.45) is 17.7. The zero-order chi connectivity index (χ0) is 23.2. The van der Waals surface area contributed by atoms with Gasteiger partial charge in [-0.25, -0.2) is 0 Å². The summed E-state index contributed by atoms with van der Waals surface area (Å²) < 4.78 is 18.6. The van der Waals surface area contributed by atoms with E-state index in [1.54, 1.807) is 0 Å². The summed E-state index contributed by atoms with van der Waals surface area (Å²) in [4.78, 5) is 0. The van der Waals surface area contributed by atoms with Crippen LogP contribution in [-0.2, 0) is 14.2 Å². The van der Waals surface area contributed by atoms with Gasteiger partial charge in [-0.3, -0.25) is 0 Å². The molecule has 0 aliphatic heterocycles. The smallest absolute Gasteiger partial charge is 0.160 e. The summed E-state index contributed by atoms with van der Waals surface area (Å²) >= 11 is 12.3. The number of halogens is 2. The zero-order valence-electron chi connectivity index (χ0n) is 21.0. The highest BCUT2D eigenvalue weighted by molar-refractivity contribution is 6.20. The van der Waals surface area contributed by atoms with Crippen molar-refractivity contribution in [2.24, 2.45) is 0 Å². The summed E-state index contributed by atoms with van der Waals surface area (Å²) in [5.41, 5.74) is 0. The topological polar surface area (TPSA) is 27.7 Å². The van der Waals surface area contributed by atoms with E-state index in [1.165, 1.54) is 51.4 Å². The molecule has 0 aromatic carbocycles. The maximum Gasteiger partial charge on any atom is 0.160 e. The number of hydrogen-bond donors (Lipinski definition) is 0. The Hall–Kier alpha value is 0.460. The van der Waals surface area contributed by atoms with Crippen molar-refractivity contribution in [3.63, 3.8) is 0 Å². The minimum Gasteiger partial charge on any atom is -0.353 e. The van der Waals surface area contributed by atoms with Gasteiger partial charge in [-0.2, -0.15) is 0 Å².